The zero-order chi connectivity index (χ0) is 18.5. The van der Waals surface area contributed by atoms with Gasteiger partial charge < -0.3 is 18.7 Å². The smallest absolute Gasteiger partial charge is 0.338 e. The van der Waals surface area contributed by atoms with E-state index in [4.69, 9.17) is 18.7 Å². The number of nitrogens with zero attached hydrogens (tertiary/aromatic N) is 2. The summed E-state index contributed by atoms with van der Waals surface area (Å²) in [4.78, 5) is 16.4. The van der Waals surface area contributed by atoms with Crippen LogP contribution in [0.3, 0.4) is 0 Å². The first-order valence-electron chi connectivity index (χ1n) is 8.65. The van der Waals surface area contributed by atoms with Crippen molar-refractivity contribution in [1.29, 1.82) is 0 Å². The van der Waals surface area contributed by atoms with Crippen LogP contribution in [0.25, 0.3) is 11.4 Å². The second-order valence-corrected chi connectivity index (χ2v) is 6.85. The number of benzene rings is 1. The van der Waals surface area contributed by atoms with Gasteiger partial charge in [-0.3, -0.25) is 0 Å². The molecule has 7 nitrogen and oxygen atoms in total. The van der Waals surface area contributed by atoms with Crippen LogP contribution in [0.2, 0.25) is 0 Å². The zero-order valence-electron chi connectivity index (χ0n) is 14.5. The van der Waals surface area contributed by atoms with E-state index in [2.05, 4.69) is 10.1 Å². The average Bonchev–Trinajstić information content (AvgIpc) is 3.47. The van der Waals surface area contributed by atoms with E-state index in [0.29, 0.717) is 23.7 Å². The van der Waals surface area contributed by atoms with Gasteiger partial charge in [0.2, 0.25) is 5.82 Å². The second-order valence-electron chi connectivity index (χ2n) is 6.07. The Labute approximate surface area is 159 Å². The first kappa shape index (κ1) is 17.7. The number of hydrogen-bond donors (Lipinski definition) is 0. The molecule has 1 aromatic carbocycles. The Kier molecular flexibility index (Phi) is 5.45. The zero-order valence-corrected chi connectivity index (χ0v) is 15.3. The summed E-state index contributed by atoms with van der Waals surface area (Å²) in [7, 11) is 0. The van der Waals surface area contributed by atoms with Crippen molar-refractivity contribution in [2.24, 2.45) is 0 Å². The van der Waals surface area contributed by atoms with Gasteiger partial charge in [0.05, 0.1) is 11.7 Å². The van der Waals surface area contributed by atoms with Gasteiger partial charge in [0.15, 0.2) is 6.61 Å². The SMILES string of the molecule is O=C(OCc1nc(-c2ccsc2)no1)c1ccc(OC[C@H]2CCCO2)cc1. The molecule has 1 fully saturated rings. The lowest BCUT2D eigenvalue weighted by Gasteiger charge is -2.11. The van der Waals surface area contributed by atoms with Gasteiger partial charge in [-0.15, -0.1) is 0 Å². The molecule has 8 heteroatoms. The molecular formula is C19H18N2O5S. The van der Waals surface area contributed by atoms with Crippen molar-refractivity contribution in [3.8, 4) is 17.1 Å². The Hall–Kier alpha value is -2.71. The summed E-state index contributed by atoms with van der Waals surface area (Å²) in [6.45, 7) is 1.24. The van der Waals surface area contributed by atoms with E-state index < -0.39 is 5.97 Å². The summed E-state index contributed by atoms with van der Waals surface area (Å²) in [6, 6.07) is 8.71. The number of carbonyl (C=O) groups excluding carboxylic acids is 1. The van der Waals surface area contributed by atoms with Gasteiger partial charge in [-0.05, 0) is 48.6 Å². The highest BCUT2D eigenvalue weighted by Crippen LogP contribution is 2.20. The molecule has 1 aliphatic rings. The van der Waals surface area contributed by atoms with E-state index in [1.54, 1.807) is 35.6 Å². The van der Waals surface area contributed by atoms with Crippen molar-refractivity contribution in [3.63, 3.8) is 0 Å². The third kappa shape index (κ3) is 4.53. The molecule has 1 atom stereocenters. The van der Waals surface area contributed by atoms with Crippen molar-refractivity contribution in [1.82, 2.24) is 10.1 Å². The van der Waals surface area contributed by atoms with E-state index in [1.807, 2.05) is 16.8 Å². The standard InChI is InChI=1S/C19H18N2O5S/c22-19(25-11-17-20-18(21-26-17)14-7-9-27-12-14)13-3-5-15(6-4-13)24-10-16-2-1-8-23-16/h3-7,9,12,16H,1-2,8,10-11H2/t16-/m1/s1. The highest BCUT2D eigenvalue weighted by atomic mass is 32.1. The highest BCUT2D eigenvalue weighted by Gasteiger charge is 2.16. The number of rotatable bonds is 7. The lowest BCUT2D eigenvalue weighted by atomic mass is 10.2. The Bertz CT molecular complexity index is 870. The minimum Gasteiger partial charge on any atom is -0.491 e. The van der Waals surface area contributed by atoms with Gasteiger partial charge in [-0.25, -0.2) is 4.79 Å². The second kappa shape index (κ2) is 8.32. The van der Waals surface area contributed by atoms with E-state index in [1.165, 1.54) is 0 Å². The summed E-state index contributed by atoms with van der Waals surface area (Å²) in [6.07, 6.45) is 2.25. The summed E-state index contributed by atoms with van der Waals surface area (Å²) in [5.41, 5.74) is 1.30. The Morgan fingerprint density at radius 2 is 2.15 bits per heavy atom. The van der Waals surface area contributed by atoms with Crippen molar-refractivity contribution >= 4 is 17.3 Å². The normalized spacial score (nSPS) is 16.4. The molecule has 0 bridgehead atoms. The molecule has 2 aromatic heterocycles. The number of hydrogen-bond acceptors (Lipinski definition) is 8. The average molecular weight is 386 g/mol. The lowest BCUT2D eigenvalue weighted by Crippen LogP contribution is -2.16. The van der Waals surface area contributed by atoms with Gasteiger partial charge in [0.25, 0.3) is 5.89 Å². The number of carbonyl (C=O) groups is 1. The first-order valence-corrected chi connectivity index (χ1v) is 9.59. The molecule has 140 valence electrons. The van der Waals surface area contributed by atoms with E-state index in [9.17, 15) is 4.79 Å². The molecule has 4 rings (SSSR count). The predicted octanol–water partition coefficient (Wildman–Crippen LogP) is 3.71. The van der Waals surface area contributed by atoms with Gasteiger partial charge in [-0.2, -0.15) is 16.3 Å². The minimum absolute atomic E-state index is 0.0762. The fourth-order valence-electron chi connectivity index (χ4n) is 2.69. The fraction of sp³-hybridized carbons (Fsp3) is 0.316. The number of ether oxygens (including phenoxy) is 3. The van der Waals surface area contributed by atoms with Crippen LogP contribution in [0.1, 0.15) is 29.1 Å². The molecule has 1 aliphatic heterocycles. The molecule has 27 heavy (non-hydrogen) atoms. The van der Waals surface area contributed by atoms with Crippen LogP contribution >= 0.6 is 11.3 Å². The van der Waals surface area contributed by atoms with Crippen LogP contribution in [0.4, 0.5) is 0 Å². The topological polar surface area (TPSA) is 83.7 Å². The van der Waals surface area contributed by atoms with Crippen molar-refractivity contribution in [3.05, 3.63) is 52.5 Å². The number of aromatic nitrogens is 2. The number of thiophene rings is 1. The Morgan fingerprint density at radius 1 is 1.26 bits per heavy atom. The molecule has 0 spiro atoms. The molecular weight excluding hydrogens is 368 g/mol. The molecule has 0 radical (unpaired) electrons. The van der Waals surface area contributed by atoms with Gasteiger partial charge in [0, 0.05) is 17.6 Å². The van der Waals surface area contributed by atoms with Gasteiger partial charge >= 0.3 is 5.97 Å². The summed E-state index contributed by atoms with van der Waals surface area (Å²) in [5.74, 6) is 0.964. The molecule has 1 saturated heterocycles. The molecule has 0 amide bonds. The molecule has 0 aliphatic carbocycles. The van der Waals surface area contributed by atoms with E-state index >= 15 is 0 Å². The van der Waals surface area contributed by atoms with Crippen LogP contribution in [0.15, 0.2) is 45.6 Å². The first-order chi connectivity index (χ1) is 13.3. The summed E-state index contributed by atoms with van der Waals surface area (Å²) < 4.78 is 21.5. The van der Waals surface area contributed by atoms with Crippen molar-refractivity contribution in [2.45, 2.75) is 25.6 Å². The molecule has 3 aromatic rings. The van der Waals surface area contributed by atoms with Crippen LogP contribution in [0.5, 0.6) is 5.75 Å². The lowest BCUT2D eigenvalue weighted by molar-refractivity contribution is 0.0429. The van der Waals surface area contributed by atoms with Crippen LogP contribution in [-0.2, 0) is 16.1 Å². The summed E-state index contributed by atoms with van der Waals surface area (Å²) >= 11 is 1.55. The molecule has 0 saturated carbocycles. The van der Waals surface area contributed by atoms with Crippen LogP contribution in [0, 0.1) is 0 Å². The van der Waals surface area contributed by atoms with Gasteiger partial charge in [0.1, 0.15) is 12.4 Å². The molecule has 3 heterocycles. The van der Waals surface area contributed by atoms with Crippen molar-refractivity contribution < 1.29 is 23.5 Å². The Balaban J connectivity index is 1.28. The third-order valence-electron chi connectivity index (χ3n) is 4.12. The fourth-order valence-corrected chi connectivity index (χ4v) is 3.32. The van der Waals surface area contributed by atoms with Gasteiger partial charge in [-0.1, -0.05) is 5.16 Å². The monoisotopic (exact) mass is 386 g/mol. The predicted molar refractivity (Wildman–Crippen MR) is 97.6 cm³/mol. The van der Waals surface area contributed by atoms with Crippen LogP contribution in [-0.4, -0.2) is 35.4 Å². The van der Waals surface area contributed by atoms with E-state index in [0.717, 1.165) is 25.0 Å². The maximum Gasteiger partial charge on any atom is 0.338 e. The molecule has 0 unspecified atom stereocenters. The summed E-state index contributed by atoms with van der Waals surface area (Å²) in [5, 5.41) is 7.73. The maximum absolute atomic E-state index is 12.2. The number of esters is 1. The third-order valence-corrected chi connectivity index (χ3v) is 4.81. The highest BCUT2D eigenvalue weighted by molar-refractivity contribution is 7.08. The van der Waals surface area contributed by atoms with Crippen LogP contribution < -0.4 is 4.74 Å². The maximum atomic E-state index is 12.2. The Morgan fingerprint density at radius 3 is 2.89 bits per heavy atom. The van der Waals surface area contributed by atoms with E-state index in [-0.39, 0.29) is 18.6 Å². The largest absolute Gasteiger partial charge is 0.491 e. The van der Waals surface area contributed by atoms with Crippen molar-refractivity contribution in [2.75, 3.05) is 13.2 Å². The minimum atomic E-state index is -0.462. The molecule has 0 N–H and O–H groups in total. The quantitative estimate of drug-likeness (QED) is 0.572.